The van der Waals surface area contributed by atoms with Gasteiger partial charge >= 0.3 is 0 Å². The summed E-state index contributed by atoms with van der Waals surface area (Å²) in [7, 11) is 1.66. The van der Waals surface area contributed by atoms with Gasteiger partial charge in [-0.25, -0.2) is 0 Å². The molecule has 2 aliphatic rings. The number of aliphatic hydroxyl groups excluding tert-OH is 1. The number of ether oxygens (including phenoxy) is 1. The van der Waals surface area contributed by atoms with Gasteiger partial charge in [-0.3, -0.25) is 14.6 Å². The molecule has 0 bridgehead atoms. The van der Waals surface area contributed by atoms with E-state index >= 15 is 0 Å². The number of carbonyl (C=O) groups excluding carboxylic acids is 1. The fourth-order valence-electron chi connectivity index (χ4n) is 6.49. The van der Waals surface area contributed by atoms with Crippen molar-refractivity contribution in [2.45, 2.75) is 57.2 Å². The summed E-state index contributed by atoms with van der Waals surface area (Å²) in [6, 6.07) is 16.6. The van der Waals surface area contributed by atoms with E-state index < -0.39 is 0 Å². The third kappa shape index (κ3) is 7.43. The molecule has 1 amide bonds. The Labute approximate surface area is 238 Å². The van der Waals surface area contributed by atoms with Gasteiger partial charge in [0.2, 0.25) is 5.91 Å². The van der Waals surface area contributed by atoms with E-state index in [1.165, 1.54) is 43.3 Å². The molecule has 8 nitrogen and oxygen atoms in total. The summed E-state index contributed by atoms with van der Waals surface area (Å²) >= 11 is 0. The normalized spacial score (nSPS) is 18.3. The SMILES string of the molecule is COc1ccccc1CN(CO)C[C@@H](Cc1c[nH]c2ccccc12)NC(=O)CN1CCC(N2CCCCC2)CC1. The van der Waals surface area contributed by atoms with E-state index in [1.54, 1.807) is 7.11 Å². The number of methoxy groups -OCH3 is 1. The maximum absolute atomic E-state index is 13.4. The zero-order chi connectivity index (χ0) is 27.7. The molecule has 2 aliphatic heterocycles. The summed E-state index contributed by atoms with van der Waals surface area (Å²) in [5.41, 5.74) is 3.26. The molecule has 8 heteroatoms. The number of piperidine rings is 2. The van der Waals surface area contributed by atoms with Crippen molar-refractivity contribution >= 4 is 16.8 Å². The molecule has 40 heavy (non-hydrogen) atoms. The molecule has 3 heterocycles. The summed E-state index contributed by atoms with van der Waals surface area (Å²) < 4.78 is 5.53. The number of likely N-dealkylation sites (tertiary alicyclic amines) is 2. The second-order valence-corrected chi connectivity index (χ2v) is 11.4. The first-order valence-corrected chi connectivity index (χ1v) is 14.9. The molecule has 1 atom stereocenters. The number of nitrogens with one attached hydrogen (secondary N) is 2. The van der Waals surface area contributed by atoms with Gasteiger partial charge < -0.3 is 25.0 Å². The lowest BCUT2D eigenvalue weighted by Gasteiger charge is -2.40. The summed E-state index contributed by atoms with van der Waals surface area (Å²) in [5.74, 6) is 0.850. The molecule has 3 aromatic rings. The van der Waals surface area contributed by atoms with Gasteiger partial charge in [-0.05, 0) is 62.9 Å². The van der Waals surface area contributed by atoms with Crippen molar-refractivity contribution in [1.29, 1.82) is 0 Å². The molecule has 2 saturated heterocycles. The Morgan fingerprint density at radius 2 is 1.80 bits per heavy atom. The topological polar surface area (TPSA) is 84.1 Å². The number of benzene rings is 2. The Bertz CT molecular complexity index is 1220. The quantitative estimate of drug-likeness (QED) is 0.301. The molecule has 2 aromatic carbocycles. The third-order valence-corrected chi connectivity index (χ3v) is 8.60. The predicted molar refractivity (Wildman–Crippen MR) is 159 cm³/mol. The summed E-state index contributed by atoms with van der Waals surface area (Å²) in [6.07, 6.45) is 9.01. The summed E-state index contributed by atoms with van der Waals surface area (Å²) in [6.45, 7) is 5.77. The fraction of sp³-hybridized carbons (Fsp3) is 0.531. The van der Waals surface area contributed by atoms with E-state index in [-0.39, 0.29) is 18.7 Å². The zero-order valence-electron chi connectivity index (χ0n) is 23.9. The second-order valence-electron chi connectivity index (χ2n) is 11.4. The van der Waals surface area contributed by atoms with Crippen LogP contribution in [0.15, 0.2) is 54.7 Å². The van der Waals surface area contributed by atoms with E-state index in [4.69, 9.17) is 4.74 Å². The number of para-hydroxylation sites is 2. The number of hydrogen-bond donors (Lipinski definition) is 3. The molecule has 0 saturated carbocycles. The molecule has 216 valence electrons. The number of H-pyrrole nitrogens is 1. The zero-order valence-corrected chi connectivity index (χ0v) is 23.9. The monoisotopic (exact) mass is 547 g/mol. The van der Waals surface area contributed by atoms with Crippen LogP contribution < -0.4 is 10.1 Å². The fourth-order valence-corrected chi connectivity index (χ4v) is 6.49. The predicted octanol–water partition coefficient (Wildman–Crippen LogP) is 3.61. The van der Waals surface area contributed by atoms with Crippen LogP contribution in [-0.4, -0.2) is 95.9 Å². The van der Waals surface area contributed by atoms with E-state index in [1.807, 2.05) is 47.5 Å². The van der Waals surface area contributed by atoms with Crippen molar-refractivity contribution < 1.29 is 14.6 Å². The Morgan fingerprint density at radius 1 is 1.05 bits per heavy atom. The van der Waals surface area contributed by atoms with Crippen LogP contribution in [0.4, 0.5) is 0 Å². The number of aliphatic hydroxyl groups is 1. The Morgan fingerprint density at radius 3 is 2.58 bits per heavy atom. The Balaban J connectivity index is 1.23. The van der Waals surface area contributed by atoms with Crippen molar-refractivity contribution in [2.75, 3.05) is 53.1 Å². The molecular weight excluding hydrogens is 502 g/mol. The standard InChI is InChI=1S/C32H45N5O3/c1-40-31-12-6-3-9-25(31)21-36(24-38)22-27(19-26-20-33-30-11-5-4-10-29(26)30)34-32(39)23-35-17-13-28(14-18-35)37-15-7-2-8-16-37/h3-6,9-12,20,27-28,33,38H,2,7-8,13-19,21-24H2,1H3,(H,34,39)/t27-/m1/s1. The highest BCUT2D eigenvalue weighted by Gasteiger charge is 2.27. The lowest BCUT2D eigenvalue weighted by molar-refractivity contribution is -0.123. The van der Waals surface area contributed by atoms with Crippen molar-refractivity contribution in [2.24, 2.45) is 0 Å². The molecule has 5 rings (SSSR count). The van der Waals surface area contributed by atoms with E-state index in [9.17, 15) is 9.90 Å². The van der Waals surface area contributed by atoms with Gasteiger partial charge in [0.25, 0.3) is 0 Å². The van der Waals surface area contributed by atoms with Gasteiger partial charge in [-0.2, -0.15) is 0 Å². The minimum Gasteiger partial charge on any atom is -0.496 e. The van der Waals surface area contributed by atoms with Crippen molar-refractivity contribution in [3.8, 4) is 5.75 Å². The maximum Gasteiger partial charge on any atom is 0.234 e. The van der Waals surface area contributed by atoms with Crippen LogP contribution in [0.2, 0.25) is 0 Å². The highest BCUT2D eigenvalue weighted by molar-refractivity contribution is 5.83. The van der Waals surface area contributed by atoms with Crippen molar-refractivity contribution in [3.05, 3.63) is 65.9 Å². The minimum atomic E-state index is -0.153. The first-order chi connectivity index (χ1) is 19.6. The molecule has 3 N–H and O–H groups in total. The Hall–Kier alpha value is -2.91. The van der Waals surface area contributed by atoms with Gasteiger partial charge in [0, 0.05) is 60.9 Å². The Kier molecular flexibility index (Phi) is 10.1. The number of fused-ring (bicyclic) bond motifs is 1. The number of amides is 1. The van der Waals surface area contributed by atoms with E-state index in [2.05, 4.69) is 32.2 Å². The lowest BCUT2D eigenvalue weighted by atomic mass is 10.00. The van der Waals surface area contributed by atoms with Gasteiger partial charge in [0.15, 0.2) is 0 Å². The molecule has 2 fully saturated rings. The lowest BCUT2D eigenvalue weighted by Crippen LogP contribution is -2.51. The first-order valence-electron chi connectivity index (χ1n) is 14.9. The van der Waals surface area contributed by atoms with Crippen LogP contribution in [0, 0.1) is 0 Å². The van der Waals surface area contributed by atoms with Crippen LogP contribution in [-0.2, 0) is 17.8 Å². The number of rotatable bonds is 12. The number of hydrogen-bond acceptors (Lipinski definition) is 6. The van der Waals surface area contributed by atoms with E-state index in [0.717, 1.165) is 42.8 Å². The maximum atomic E-state index is 13.4. The second kappa shape index (κ2) is 14.1. The van der Waals surface area contributed by atoms with Gasteiger partial charge in [-0.1, -0.05) is 42.8 Å². The highest BCUT2D eigenvalue weighted by Crippen LogP contribution is 2.23. The van der Waals surface area contributed by atoms with Crippen LogP contribution in [0.3, 0.4) is 0 Å². The first kappa shape index (κ1) is 28.6. The van der Waals surface area contributed by atoms with Gasteiger partial charge in [0.05, 0.1) is 20.4 Å². The largest absolute Gasteiger partial charge is 0.496 e. The van der Waals surface area contributed by atoms with E-state index in [0.29, 0.717) is 32.1 Å². The molecular formula is C32H45N5O3. The molecule has 0 aliphatic carbocycles. The summed E-state index contributed by atoms with van der Waals surface area (Å²) in [5, 5.41) is 14.8. The van der Waals surface area contributed by atoms with Crippen LogP contribution in [0.1, 0.15) is 43.2 Å². The molecule has 0 spiro atoms. The average molecular weight is 548 g/mol. The number of nitrogens with zero attached hydrogens (tertiary/aromatic N) is 3. The minimum absolute atomic E-state index is 0.0523. The van der Waals surface area contributed by atoms with Crippen molar-refractivity contribution in [1.82, 2.24) is 25.0 Å². The highest BCUT2D eigenvalue weighted by atomic mass is 16.5. The molecule has 1 aromatic heterocycles. The number of aromatic nitrogens is 1. The molecule has 0 radical (unpaired) electrons. The summed E-state index contributed by atoms with van der Waals surface area (Å²) in [4.78, 5) is 23.6. The van der Waals surface area contributed by atoms with Gasteiger partial charge in [-0.15, -0.1) is 0 Å². The van der Waals surface area contributed by atoms with Crippen molar-refractivity contribution in [3.63, 3.8) is 0 Å². The van der Waals surface area contributed by atoms with Crippen LogP contribution in [0.5, 0.6) is 5.75 Å². The molecule has 0 unspecified atom stereocenters. The van der Waals surface area contributed by atoms with Gasteiger partial charge in [0.1, 0.15) is 5.75 Å². The van der Waals surface area contributed by atoms with Crippen LogP contribution in [0.25, 0.3) is 10.9 Å². The number of carbonyl (C=O) groups is 1. The smallest absolute Gasteiger partial charge is 0.234 e. The average Bonchev–Trinajstić information content (AvgIpc) is 3.40. The number of aromatic amines is 1. The van der Waals surface area contributed by atoms with Crippen LogP contribution >= 0.6 is 0 Å². The third-order valence-electron chi connectivity index (χ3n) is 8.60.